The summed E-state index contributed by atoms with van der Waals surface area (Å²) in [6.07, 6.45) is -1.89. The number of hydrogen-bond donors (Lipinski definition) is 7. The summed E-state index contributed by atoms with van der Waals surface area (Å²) in [4.78, 5) is 59.9. The molecule has 5 unspecified atom stereocenters. The van der Waals surface area contributed by atoms with Crippen LogP contribution < -0.4 is 10.5 Å². The van der Waals surface area contributed by atoms with E-state index in [2.05, 4.69) is 40.7 Å². The van der Waals surface area contributed by atoms with E-state index in [-0.39, 0.29) is 35.8 Å². The number of ether oxygens (including phenoxy) is 2. The van der Waals surface area contributed by atoms with Gasteiger partial charge in [0.05, 0.1) is 19.0 Å². The minimum atomic E-state index is -5.70. The first kappa shape index (κ1) is 30.0. The summed E-state index contributed by atoms with van der Waals surface area (Å²) in [6.45, 7) is -0.862. The Balaban J connectivity index is 1.70. The maximum Gasteiger partial charge on any atom is 0.490 e. The molecule has 3 heterocycles. The molecule has 0 saturated carbocycles. The number of fused-ring (bicyclic) bond motifs is 1. The van der Waals surface area contributed by atoms with Crippen molar-refractivity contribution in [3.63, 3.8) is 0 Å². The third kappa shape index (κ3) is 8.49. The van der Waals surface area contributed by atoms with Crippen LogP contribution in [0, 0.1) is 0 Å². The molecule has 2 aromatic rings. The molecule has 1 fully saturated rings. The Morgan fingerprint density at radius 1 is 1.19 bits per heavy atom. The molecular formula is C14H22N5O14P3S. The van der Waals surface area contributed by atoms with E-state index in [1.165, 1.54) is 10.9 Å². The van der Waals surface area contributed by atoms with Gasteiger partial charge >= 0.3 is 29.4 Å². The van der Waals surface area contributed by atoms with Crippen molar-refractivity contribution >= 4 is 59.2 Å². The van der Waals surface area contributed by atoms with Crippen molar-refractivity contribution in [2.24, 2.45) is 0 Å². The highest BCUT2D eigenvalue weighted by Gasteiger charge is 2.43. The Labute approximate surface area is 212 Å². The van der Waals surface area contributed by atoms with Gasteiger partial charge < -0.3 is 39.9 Å². The van der Waals surface area contributed by atoms with Crippen LogP contribution in [0.5, 0.6) is 5.88 Å². The zero-order valence-electron chi connectivity index (χ0n) is 18.4. The molecule has 208 valence electrons. The van der Waals surface area contributed by atoms with Gasteiger partial charge in [0.25, 0.3) is 5.88 Å². The summed E-state index contributed by atoms with van der Waals surface area (Å²) >= 11 is 4.02. The van der Waals surface area contributed by atoms with Crippen LogP contribution in [0.3, 0.4) is 0 Å². The number of imidazole rings is 1. The van der Waals surface area contributed by atoms with Gasteiger partial charge in [-0.2, -0.15) is 31.2 Å². The lowest BCUT2D eigenvalue weighted by molar-refractivity contribution is -0.134. The minimum Gasteiger partial charge on any atom is -0.405 e. The second-order valence-corrected chi connectivity index (χ2v) is 12.2. The molecule has 2 aromatic heterocycles. The van der Waals surface area contributed by atoms with Gasteiger partial charge in [-0.3, -0.25) is 13.9 Å². The summed E-state index contributed by atoms with van der Waals surface area (Å²) in [5.74, 6) is -0.584. The van der Waals surface area contributed by atoms with Crippen LogP contribution in [0.4, 0.5) is 5.95 Å². The van der Waals surface area contributed by atoms with Gasteiger partial charge in [0.1, 0.15) is 12.3 Å². The lowest BCUT2D eigenvalue weighted by Gasteiger charge is -2.19. The number of esters is 1. The Bertz CT molecular complexity index is 1290. The molecule has 3 rings (SSSR count). The molecule has 1 aliphatic rings. The minimum absolute atomic E-state index is 0.0585. The van der Waals surface area contributed by atoms with E-state index in [0.717, 1.165) is 0 Å². The summed E-state index contributed by atoms with van der Waals surface area (Å²) in [5.41, 5.74) is 5.85. The van der Waals surface area contributed by atoms with Crippen LogP contribution in [0.2, 0.25) is 0 Å². The van der Waals surface area contributed by atoms with E-state index >= 15 is 0 Å². The maximum absolute atomic E-state index is 12.0. The van der Waals surface area contributed by atoms with E-state index in [9.17, 15) is 33.4 Å². The Hall–Kier alpha value is -1.50. The second kappa shape index (κ2) is 11.7. The quantitative estimate of drug-likeness (QED) is 0.0947. The first-order chi connectivity index (χ1) is 17.1. The van der Waals surface area contributed by atoms with Crippen LogP contribution in [-0.2, 0) is 36.4 Å². The van der Waals surface area contributed by atoms with Gasteiger partial charge in [0.15, 0.2) is 11.2 Å². The maximum atomic E-state index is 12.0. The largest absolute Gasteiger partial charge is 0.490 e. The Morgan fingerprint density at radius 3 is 2.54 bits per heavy atom. The number of rotatable bonds is 12. The lowest BCUT2D eigenvalue weighted by Crippen LogP contribution is -2.26. The molecule has 23 heteroatoms. The number of nitrogens with zero attached hydrogens (tertiary/aromatic N) is 4. The normalized spacial score (nSPS) is 23.6. The van der Waals surface area contributed by atoms with Gasteiger partial charge in [-0.25, -0.2) is 18.7 Å². The highest BCUT2D eigenvalue weighted by atomic mass is 32.1. The topological polar surface area (TPSA) is 285 Å². The third-order valence-electron chi connectivity index (χ3n) is 4.49. The first-order valence-corrected chi connectivity index (χ1v) is 15.2. The molecule has 1 aliphatic heterocycles. The van der Waals surface area contributed by atoms with Crippen molar-refractivity contribution < 1.29 is 65.8 Å². The predicted octanol–water partition coefficient (Wildman–Crippen LogP) is 0.0156. The highest BCUT2D eigenvalue weighted by Crippen LogP contribution is 2.66. The fourth-order valence-corrected chi connectivity index (χ4v) is 6.27. The SMILES string of the molecule is Nc1nc(OC(=O)CCCS)c2ncn(C3CC(O)C(COP(=O)(O)OP(=O)(O)OP(=O)(O)O)O3)c2n1. The standard InChI is InChI=1S/C14H22N5O14P3S/c15-14-17-12-11(13(18-14)31-10(21)2-1-3-37)16-6-19(12)9-4-7(20)8(30-9)5-29-35(25,26)33-36(27,28)32-34(22,23)24/h6-9,20,37H,1-5H2,(H,25,26)(H,27,28)(H2,15,17,18)(H2,22,23,24). The molecular weight excluding hydrogens is 587 g/mol. The van der Waals surface area contributed by atoms with Crippen LogP contribution in [-0.4, -0.2) is 74.7 Å². The average molecular weight is 609 g/mol. The number of aromatic nitrogens is 4. The van der Waals surface area contributed by atoms with Crippen LogP contribution >= 0.6 is 36.1 Å². The molecule has 0 spiro atoms. The monoisotopic (exact) mass is 609 g/mol. The van der Waals surface area contributed by atoms with E-state index in [1.54, 1.807) is 0 Å². The number of hydrogen-bond acceptors (Lipinski definition) is 15. The lowest BCUT2D eigenvalue weighted by atomic mass is 10.2. The average Bonchev–Trinajstić information content (AvgIpc) is 3.31. The second-order valence-electron chi connectivity index (χ2n) is 7.33. The molecule has 0 aliphatic carbocycles. The van der Waals surface area contributed by atoms with E-state index < -0.39 is 54.5 Å². The van der Waals surface area contributed by atoms with Gasteiger partial charge in [0, 0.05) is 12.8 Å². The number of anilines is 1. The number of nitrogen functional groups attached to an aromatic ring is 1. The molecule has 7 N–H and O–H groups in total. The number of nitrogens with two attached hydrogens (primary N) is 1. The van der Waals surface area contributed by atoms with Gasteiger partial charge in [0.2, 0.25) is 5.95 Å². The summed E-state index contributed by atoms with van der Waals surface area (Å²) in [7, 11) is -16.7. The highest BCUT2D eigenvalue weighted by molar-refractivity contribution is 7.80. The van der Waals surface area contributed by atoms with Crippen molar-refractivity contribution in [1.29, 1.82) is 0 Å². The van der Waals surface area contributed by atoms with Crippen molar-refractivity contribution in [3.8, 4) is 5.88 Å². The van der Waals surface area contributed by atoms with Gasteiger partial charge in [-0.1, -0.05) is 0 Å². The van der Waals surface area contributed by atoms with E-state index in [4.69, 9.17) is 25.0 Å². The number of carbonyl (C=O) groups excluding carboxylic acids is 1. The van der Waals surface area contributed by atoms with Gasteiger partial charge in [-0.15, -0.1) is 0 Å². The number of carbonyl (C=O) groups is 1. The van der Waals surface area contributed by atoms with Crippen LogP contribution in [0.1, 0.15) is 25.5 Å². The molecule has 37 heavy (non-hydrogen) atoms. The van der Waals surface area contributed by atoms with Gasteiger partial charge in [-0.05, 0) is 12.2 Å². The zero-order valence-corrected chi connectivity index (χ0v) is 22.0. The molecule has 0 radical (unpaired) electrons. The van der Waals surface area contributed by atoms with Crippen molar-refractivity contribution in [2.45, 2.75) is 37.7 Å². The molecule has 1 saturated heterocycles. The fraction of sp³-hybridized carbons (Fsp3) is 0.571. The zero-order chi connectivity index (χ0) is 27.6. The van der Waals surface area contributed by atoms with E-state index in [0.29, 0.717) is 12.2 Å². The molecule has 5 atom stereocenters. The number of thiol groups is 1. The third-order valence-corrected chi connectivity index (χ3v) is 8.61. The van der Waals surface area contributed by atoms with Crippen molar-refractivity contribution in [1.82, 2.24) is 19.5 Å². The fourth-order valence-electron chi connectivity index (χ4n) is 3.08. The number of phosphoric acid groups is 3. The molecule has 0 aromatic carbocycles. The van der Waals surface area contributed by atoms with Crippen molar-refractivity contribution in [2.75, 3.05) is 18.1 Å². The summed E-state index contributed by atoms with van der Waals surface area (Å²) < 4.78 is 57.9. The van der Waals surface area contributed by atoms with Crippen LogP contribution in [0.15, 0.2) is 6.33 Å². The van der Waals surface area contributed by atoms with E-state index in [1.807, 2.05) is 0 Å². The van der Waals surface area contributed by atoms with Crippen molar-refractivity contribution in [3.05, 3.63) is 6.33 Å². The Kier molecular flexibility index (Phi) is 9.51. The van der Waals surface area contributed by atoms with Crippen LogP contribution in [0.25, 0.3) is 11.2 Å². The summed E-state index contributed by atoms with van der Waals surface area (Å²) in [5, 5.41) is 10.3. The number of aliphatic hydroxyl groups excluding tert-OH is 1. The number of aliphatic hydroxyl groups is 1. The summed E-state index contributed by atoms with van der Waals surface area (Å²) in [6, 6.07) is 0. The first-order valence-electron chi connectivity index (χ1n) is 10.0. The molecule has 0 amide bonds. The number of phosphoric ester groups is 1. The predicted molar refractivity (Wildman–Crippen MR) is 123 cm³/mol. The smallest absolute Gasteiger partial charge is 0.405 e. The molecule has 0 bridgehead atoms. The molecule has 19 nitrogen and oxygen atoms in total. The Morgan fingerprint density at radius 2 is 1.89 bits per heavy atom.